The number of hydrogen-bond acceptors (Lipinski definition) is 5. The third-order valence-electron chi connectivity index (χ3n) is 3.06. The number of ether oxygens (including phenoxy) is 1. The van der Waals surface area contributed by atoms with Gasteiger partial charge in [0.1, 0.15) is 0 Å². The molecule has 1 heterocycles. The molecule has 0 unspecified atom stereocenters. The number of nitrogens with one attached hydrogen (secondary N) is 1. The van der Waals surface area contributed by atoms with Crippen LogP contribution < -0.4 is 15.0 Å². The van der Waals surface area contributed by atoms with Crippen molar-refractivity contribution in [2.75, 3.05) is 31.4 Å². The fourth-order valence-corrected chi connectivity index (χ4v) is 2.78. The number of thiazole rings is 1. The minimum Gasteiger partial charge on any atom is -0.480 e. The van der Waals surface area contributed by atoms with Crippen LogP contribution in [0.3, 0.4) is 0 Å². The van der Waals surface area contributed by atoms with Crippen LogP contribution in [-0.4, -0.2) is 26.2 Å². The third-order valence-corrected chi connectivity index (χ3v) is 4.26. The minimum absolute atomic E-state index is 0.705. The molecule has 0 saturated carbocycles. The highest BCUT2D eigenvalue weighted by molar-refractivity contribution is 7.15. The minimum atomic E-state index is 0.705. The lowest BCUT2D eigenvalue weighted by molar-refractivity contribution is 0.397. The zero-order chi connectivity index (χ0) is 14.7. The smallest absolute Gasteiger partial charge is 0.231 e. The molecule has 0 aliphatic rings. The molecule has 4 nitrogen and oxygen atoms in total. The lowest BCUT2D eigenvalue weighted by Crippen LogP contribution is -2.07. The quantitative estimate of drug-likeness (QED) is 0.915. The number of anilines is 2. The van der Waals surface area contributed by atoms with Crippen LogP contribution in [0.5, 0.6) is 5.88 Å². The molecule has 0 aliphatic heterocycles. The summed E-state index contributed by atoms with van der Waals surface area (Å²) in [4.78, 5) is 7.57. The molecule has 0 atom stereocenters. The van der Waals surface area contributed by atoms with E-state index in [0.29, 0.717) is 5.88 Å². The number of aryl methyl sites for hydroxylation is 2. The van der Waals surface area contributed by atoms with E-state index in [1.165, 1.54) is 11.1 Å². The van der Waals surface area contributed by atoms with E-state index >= 15 is 0 Å². The van der Waals surface area contributed by atoms with E-state index in [4.69, 9.17) is 4.74 Å². The van der Waals surface area contributed by atoms with Crippen molar-refractivity contribution < 1.29 is 4.74 Å². The summed E-state index contributed by atoms with van der Waals surface area (Å²) in [7, 11) is 5.64. The van der Waals surface area contributed by atoms with Gasteiger partial charge in [-0.05, 0) is 31.0 Å². The first-order valence-electron chi connectivity index (χ1n) is 6.53. The largest absolute Gasteiger partial charge is 0.480 e. The van der Waals surface area contributed by atoms with Crippen molar-refractivity contribution in [3.63, 3.8) is 0 Å². The van der Waals surface area contributed by atoms with Gasteiger partial charge in [-0.15, -0.1) is 0 Å². The molecule has 0 saturated heterocycles. The number of benzene rings is 1. The second kappa shape index (κ2) is 6.13. The molecule has 0 fully saturated rings. The third kappa shape index (κ3) is 3.22. The molecule has 1 N–H and O–H groups in total. The van der Waals surface area contributed by atoms with E-state index in [9.17, 15) is 0 Å². The lowest BCUT2D eigenvalue weighted by atomic mass is 10.1. The van der Waals surface area contributed by atoms with Crippen LogP contribution >= 0.6 is 11.3 Å². The van der Waals surface area contributed by atoms with Crippen LogP contribution in [0.2, 0.25) is 0 Å². The summed E-state index contributed by atoms with van der Waals surface area (Å²) in [6, 6.07) is 6.42. The van der Waals surface area contributed by atoms with Gasteiger partial charge >= 0.3 is 0 Å². The van der Waals surface area contributed by atoms with Gasteiger partial charge in [0.2, 0.25) is 5.88 Å². The van der Waals surface area contributed by atoms with Gasteiger partial charge in [0.25, 0.3) is 0 Å². The van der Waals surface area contributed by atoms with E-state index < -0.39 is 0 Å². The van der Waals surface area contributed by atoms with Crippen molar-refractivity contribution >= 4 is 22.2 Å². The monoisotopic (exact) mass is 291 g/mol. The topological polar surface area (TPSA) is 37.4 Å². The average Bonchev–Trinajstić information content (AvgIpc) is 2.83. The molecule has 108 valence electrons. The van der Waals surface area contributed by atoms with E-state index in [-0.39, 0.29) is 0 Å². The molecule has 0 spiro atoms. The van der Waals surface area contributed by atoms with Crippen LogP contribution in [0.4, 0.5) is 10.8 Å². The molecule has 1 aromatic carbocycles. The standard InChI is InChI=1S/C15H21N3OS/c1-10-6-7-11(2)12(8-10)16-9-13-14(19-5)17-15(20-13)18(3)4/h6-8,16H,9H2,1-5H3. The first-order valence-corrected chi connectivity index (χ1v) is 7.35. The summed E-state index contributed by atoms with van der Waals surface area (Å²) in [5, 5.41) is 4.43. The van der Waals surface area contributed by atoms with Crippen LogP contribution in [0, 0.1) is 13.8 Å². The van der Waals surface area contributed by atoms with Crippen molar-refractivity contribution in [2.24, 2.45) is 0 Å². The molecular weight excluding hydrogens is 270 g/mol. The zero-order valence-corrected chi connectivity index (χ0v) is 13.5. The van der Waals surface area contributed by atoms with Crippen LogP contribution in [0.1, 0.15) is 16.0 Å². The van der Waals surface area contributed by atoms with E-state index in [1.807, 2.05) is 19.0 Å². The van der Waals surface area contributed by atoms with Crippen LogP contribution in [-0.2, 0) is 6.54 Å². The average molecular weight is 291 g/mol. The number of aromatic nitrogens is 1. The molecule has 2 rings (SSSR count). The van der Waals surface area contributed by atoms with Gasteiger partial charge in [0.15, 0.2) is 5.13 Å². The molecule has 0 aliphatic carbocycles. The Labute approximate surface area is 124 Å². The predicted molar refractivity (Wildman–Crippen MR) is 86.2 cm³/mol. The van der Waals surface area contributed by atoms with Gasteiger partial charge in [-0.3, -0.25) is 0 Å². The summed E-state index contributed by atoms with van der Waals surface area (Å²) < 4.78 is 5.35. The summed E-state index contributed by atoms with van der Waals surface area (Å²) >= 11 is 1.65. The van der Waals surface area contributed by atoms with Gasteiger partial charge in [0, 0.05) is 19.8 Å². The molecule has 5 heteroatoms. The Balaban J connectivity index is 2.16. The van der Waals surface area contributed by atoms with E-state index in [0.717, 1.165) is 22.2 Å². The Morgan fingerprint density at radius 1 is 1.30 bits per heavy atom. The maximum absolute atomic E-state index is 5.35. The maximum Gasteiger partial charge on any atom is 0.231 e. The van der Waals surface area contributed by atoms with E-state index in [2.05, 4.69) is 42.3 Å². The number of nitrogens with zero attached hydrogens (tertiary/aromatic N) is 2. The molecular formula is C15H21N3OS. The number of rotatable bonds is 5. The molecule has 1 aromatic heterocycles. The van der Waals surface area contributed by atoms with E-state index in [1.54, 1.807) is 18.4 Å². The summed E-state index contributed by atoms with van der Waals surface area (Å²) in [5.74, 6) is 0.705. The Hall–Kier alpha value is -1.75. The molecule has 2 aromatic rings. The first-order chi connectivity index (χ1) is 9.51. The van der Waals surface area contributed by atoms with Gasteiger partial charge < -0.3 is 15.0 Å². The van der Waals surface area contributed by atoms with Gasteiger partial charge in [-0.25, -0.2) is 0 Å². The molecule has 0 bridgehead atoms. The Morgan fingerprint density at radius 3 is 2.70 bits per heavy atom. The highest BCUT2D eigenvalue weighted by Crippen LogP contribution is 2.31. The highest BCUT2D eigenvalue weighted by Gasteiger charge is 2.13. The maximum atomic E-state index is 5.35. The Morgan fingerprint density at radius 2 is 2.05 bits per heavy atom. The normalized spacial score (nSPS) is 10.4. The van der Waals surface area contributed by atoms with Crippen molar-refractivity contribution in [3.8, 4) is 5.88 Å². The SMILES string of the molecule is COc1nc(N(C)C)sc1CNc1cc(C)ccc1C. The van der Waals surface area contributed by atoms with Gasteiger partial charge in [-0.1, -0.05) is 23.5 Å². The lowest BCUT2D eigenvalue weighted by Gasteiger charge is -2.10. The fraction of sp³-hybridized carbons (Fsp3) is 0.400. The van der Waals surface area contributed by atoms with Crippen molar-refractivity contribution in [2.45, 2.75) is 20.4 Å². The molecule has 20 heavy (non-hydrogen) atoms. The number of methoxy groups -OCH3 is 1. The highest BCUT2D eigenvalue weighted by atomic mass is 32.1. The second-order valence-corrected chi connectivity index (χ2v) is 6.06. The molecule has 0 radical (unpaired) electrons. The van der Waals surface area contributed by atoms with Crippen molar-refractivity contribution in [1.29, 1.82) is 0 Å². The van der Waals surface area contributed by atoms with Gasteiger partial charge in [-0.2, -0.15) is 4.98 Å². The first kappa shape index (κ1) is 14.7. The fourth-order valence-electron chi connectivity index (χ4n) is 1.89. The van der Waals surface area contributed by atoms with Gasteiger partial charge in [0.05, 0.1) is 18.5 Å². The van der Waals surface area contributed by atoms with Crippen LogP contribution in [0.25, 0.3) is 0 Å². The molecule has 0 amide bonds. The van der Waals surface area contributed by atoms with Crippen LogP contribution in [0.15, 0.2) is 18.2 Å². The summed E-state index contributed by atoms with van der Waals surface area (Å²) in [6.07, 6.45) is 0. The second-order valence-electron chi connectivity index (χ2n) is 5.00. The van der Waals surface area contributed by atoms with Crippen molar-refractivity contribution in [3.05, 3.63) is 34.2 Å². The number of hydrogen-bond donors (Lipinski definition) is 1. The van der Waals surface area contributed by atoms with Crippen molar-refractivity contribution in [1.82, 2.24) is 4.98 Å². The Bertz CT molecular complexity index is 593. The Kier molecular flexibility index (Phi) is 4.49. The predicted octanol–water partition coefficient (Wildman–Crippen LogP) is 3.45. The summed E-state index contributed by atoms with van der Waals surface area (Å²) in [5.41, 5.74) is 3.65. The zero-order valence-electron chi connectivity index (χ0n) is 12.7. The summed E-state index contributed by atoms with van der Waals surface area (Å²) in [6.45, 7) is 4.93.